The number of nitrogens with two attached hydrogens (primary N) is 3. The van der Waals surface area contributed by atoms with Crippen LogP contribution in [0.25, 0.3) is 0 Å². The van der Waals surface area contributed by atoms with E-state index in [9.17, 15) is 0 Å². The third-order valence-electron chi connectivity index (χ3n) is 0.700. The zero-order chi connectivity index (χ0) is 7.98. The third kappa shape index (κ3) is 4.70. The van der Waals surface area contributed by atoms with Crippen molar-refractivity contribution in [2.75, 3.05) is 0 Å². The molecule has 0 unspecified atom stereocenters. The van der Waals surface area contributed by atoms with Crippen LogP contribution in [-0.2, 0) is 0 Å². The lowest BCUT2D eigenvalue weighted by atomic mass is 10.5. The number of hydrogen-bond acceptors (Lipinski definition) is 3. The highest BCUT2D eigenvalue weighted by Crippen LogP contribution is 1.77. The molecular weight excluding hydrogens is 128 g/mol. The Hall–Kier alpha value is -1.45. The van der Waals surface area contributed by atoms with Gasteiger partial charge in [-0.2, -0.15) is 0 Å². The number of allylic oxidation sites excluding steroid dienone is 1. The number of amidine groups is 1. The second-order valence-electron chi connectivity index (χ2n) is 1.68. The van der Waals surface area contributed by atoms with Gasteiger partial charge in [-0.25, -0.2) is 4.99 Å². The van der Waals surface area contributed by atoms with E-state index in [1.54, 1.807) is 12.2 Å². The first-order valence-electron chi connectivity index (χ1n) is 2.84. The second kappa shape index (κ2) is 4.43. The van der Waals surface area contributed by atoms with Gasteiger partial charge in [0.05, 0.1) is 6.20 Å². The summed E-state index contributed by atoms with van der Waals surface area (Å²) >= 11 is 0. The summed E-state index contributed by atoms with van der Waals surface area (Å²) in [6.45, 7) is 1.85. The molecule has 6 N–H and O–H groups in total. The molecule has 0 saturated carbocycles. The van der Waals surface area contributed by atoms with Crippen molar-refractivity contribution >= 4 is 5.84 Å². The molecule has 0 aromatic rings. The molecule has 10 heavy (non-hydrogen) atoms. The molecule has 0 rings (SSSR count). The maximum absolute atomic E-state index is 5.34. The summed E-state index contributed by atoms with van der Waals surface area (Å²) in [5.74, 6) is 0.531. The molecule has 0 fully saturated rings. The van der Waals surface area contributed by atoms with Gasteiger partial charge in [0.25, 0.3) is 0 Å². The Morgan fingerprint density at radius 3 is 2.30 bits per heavy atom. The molecule has 4 nitrogen and oxygen atoms in total. The van der Waals surface area contributed by atoms with Crippen molar-refractivity contribution in [3.63, 3.8) is 0 Å². The highest BCUT2D eigenvalue weighted by Gasteiger charge is 1.78. The van der Waals surface area contributed by atoms with E-state index in [2.05, 4.69) is 4.99 Å². The summed E-state index contributed by atoms with van der Waals surface area (Å²) < 4.78 is 0. The SMILES string of the molecule is C/C=C/C(N)=NC=C(N)N. The van der Waals surface area contributed by atoms with E-state index < -0.39 is 0 Å². The Kier molecular flexibility index (Phi) is 3.79. The molecule has 0 aromatic carbocycles. The quantitative estimate of drug-likeness (QED) is 0.361. The van der Waals surface area contributed by atoms with E-state index in [0.29, 0.717) is 5.84 Å². The van der Waals surface area contributed by atoms with Crippen LogP contribution in [0.1, 0.15) is 6.92 Å². The first-order chi connectivity index (χ1) is 4.66. The molecular formula is C6H12N4. The van der Waals surface area contributed by atoms with E-state index in [-0.39, 0.29) is 5.82 Å². The van der Waals surface area contributed by atoms with Crippen molar-refractivity contribution in [1.29, 1.82) is 0 Å². The summed E-state index contributed by atoms with van der Waals surface area (Å²) in [6.07, 6.45) is 4.73. The Labute approximate surface area is 60.1 Å². The van der Waals surface area contributed by atoms with Gasteiger partial charge < -0.3 is 17.2 Å². The van der Waals surface area contributed by atoms with Gasteiger partial charge in [-0.3, -0.25) is 0 Å². The number of hydrogen-bond donors (Lipinski definition) is 3. The minimum absolute atomic E-state index is 0.146. The predicted molar refractivity (Wildman–Crippen MR) is 42.9 cm³/mol. The van der Waals surface area contributed by atoms with E-state index in [4.69, 9.17) is 17.2 Å². The average Bonchev–Trinajstić information content (AvgIpc) is 1.85. The van der Waals surface area contributed by atoms with Crippen molar-refractivity contribution < 1.29 is 0 Å². The minimum atomic E-state index is 0.146. The number of aliphatic imine (C=N–C) groups is 1. The zero-order valence-corrected chi connectivity index (χ0v) is 5.91. The van der Waals surface area contributed by atoms with E-state index in [1.807, 2.05) is 6.92 Å². The second-order valence-corrected chi connectivity index (χ2v) is 1.68. The molecule has 56 valence electrons. The summed E-state index contributed by atoms with van der Waals surface area (Å²) in [5, 5.41) is 0. The summed E-state index contributed by atoms with van der Waals surface area (Å²) in [6, 6.07) is 0. The standard InChI is InChI=1S/C6H12N4/c1-2-3-6(9)10-4-5(7)8/h2-4H,7-8H2,1H3,(H2,9,10)/b3-2+. The Morgan fingerprint density at radius 1 is 1.30 bits per heavy atom. The lowest BCUT2D eigenvalue weighted by Gasteiger charge is -1.87. The van der Waals surface area contributed by atoms with Gasteiger partial charge in [0, 0.05) is 0 Å². The van der Waals surface area contributed by atoms with E-state index >= 15 is 0 Å². The van der Waals surface area contributed by atoms with Crippen LogP contribution in [0.5, 0.6) is 0 Å². The van der Waals surface area contributed by atoms with Gasteiger partial charge in [-0.15, -0.1) is 0 Å². The largest absolute Gasteiger partial charge is 0.384 e. The summed E-state index contributed by atoms with van der Waals surface area (Å²) in [5.41, 5.74) is 15.5. The first kappa shape index (κ1) is 8.55. The Bertz CT molecular complexity index is 174. The molecule has 0 aromatic heterocycles. The van der Waals surface area contributed by atoms with Gasteiger partial charge >= 0.3 is 0 Å². The van der Waals surface area contributed by atoms with Crippen molar-refractivity contribution in [2.45, 2.75) is 6.92 Å². The van der Waals surface area contributed by atoms with Gasteiger partial charge in [-0.05, 0) is 13.0 Å². The smallest absolute Gasteiger partial charge is 0.123 e. The maximum atomic E-state index is 5.34. The molecule has 0 aliphatic rings. The summed E-state index contributed by atoms with van der Waals surface area (Å²) in [4.78, 5) is 3.71. The van der Waals surface area contributed by atoms with Crippen LogP contribution in [0.4, 0.5) is 0 Å². The predicted octanol–water partition coefficient (Wildman–Crippen LogP) is -0.364. The normalized spacial score (nSPS) is 11.9. The minimum Gasteiger partial charge on any atom is -0.384 e. The lowest BCUT2D eigenvalue weighted by Crippen LogP contribution is -2.10. The van der Waals surface area contributed by atoms with Crippen LogP contribution in [0.15, 0.2) is 29.2 Å². The van der Waals surface area contributed by atoms with Crippen LogP contribution in [0, 0.1) is 0 Å². The topological polar surface area (TPSA) is 90.4 Å². The third-order valence-corrected chi connectivity index (χ3v) is 0.700. The molecule has 4 heteroatoms. The van der Waals surface area contributed by atoms with E-state index in [1.165, 1.54) is 6.20 Å². The van der Waals surface area contributed by atoms with Crippen molar-refractivity contribution in [3.8, 4) is 0 Å². The van der Waals surface area contributed by atoms with Crippen molar-refractivity contribution in [2.24, 2.45) is 22.2 Å². The molecule has 0 aliphatic carbocycles. The number of nitrogens with zero attached hydrogens (tertiary/aromatic N) is 1. The van der Waals surface area contributed by atoms with Crippen LogP contribution >= 0.6 is 0 Å². The highest BCUT2D eigenvalue weighted by atomic mass is 14.9. The molecule has 0 bridgehead atoms. The first-order valence-corrected chi connectivity index (χ1v) is 2.84. The maximum Gasteiger partial charge on any atom is 0.123 e. The van der Waals surface area contributed by atoms with Crippen molar-refractivity contribution in [1.82, 2.24) is 0 Å². The Balaban J connectivity index is 4.05. The van der Waals surface area contributed by atoms with Crippen LogP contribution < -0.4 is 17.2 Å². The van der Waals surface area contributed by atoms with Gasteiger partial charge in [0.2, 0.25) is 0 Å². The summed E-state index contributed by atoms with van der Waals surface area (Å²) in [7, 11) is 0. The molecule has 0 heterocycles. The fourth-order valence-corrected chi connectivity index (χ4v) is 0.363. The van der Waals surface area contributed by atoms with Gasteiger partial charge in [0.1, 0.15) is 11.7 Å². The van der Waals surface area contributed by atoms with Gasteiger partial charge in [0.15, 0.2) is 0 Å². The van der Waals surface area contributed by atoms with Crippen LogP contribution in [0.3, 0.4) is 0 Å². The Morgan fingerprint density at radius 2 is 1.90 bits per heavy atom. The fourth-order valence-electron chi connectivity index (χ4n) is 0.363. The van der Waals surface area contributed by atoms with Crippen LogP contribution in [-0.4, -0.2) is 5.84 Å². The van der Waals surface area contributed by atoms with Crippen LogP contribution in [0.2, 0.25) is 0 Å². The van der Waals surface area contributed by atoms with Crippen molar-refractivity contribution in [3.05, 3.63) is 24.2 Å². The molecule has 0 amide bonds. The molecule has 0 atom stereocenters. The molecule has 0 spiro atoms. The lowest BCUT2D eigenvalue weighted by molar-refractivity contribution is 1.22. The average molecular weight is 140 g/mol. The molecule has 0 radical (unpaired) electrons. The molecule has 0 saturated heterocycles. The van der Waals surface area contributed by atoms with Gasteiger partial charge in [-0.1, -0.05) is 6.08 Å². The highest BCUT2D eigenvalue weighted by molar-refractivity contribution is 5.91. The molecule has 0 aliphatic heterocycles. The zero-order valence-electron chi connectivity index (χ0n) is 5.91. The number of rotatable bonds is 2. The monoisotopic (exact) mass is 140 g/mol. The van der Waals surface area contributed by atoms with E-state index in [0.717, 1.165) is 0 Å². The fraction of sp³-hybridized carbons (Fsp3) is 0.167.